The molecule has 0 aliphatic carbocycles. The van der Waals surface area contributed by atoms with Crippen LogP contribution < -0.4 is 9.80 Å². The van der Waals surface area contributed by atoms with Gasteiger partial charge in [0.1, 0.15) is 0 Å². The molecule has 0 unspecified atom stereocenters. The third-order valence-corrected chi connectivity index (χ3v) is 3.29. The molecule has 20 heavy (non-hydrogen) atoms. The fourth-order valence-corrected chi connectivity index (χ4v) is 2.04. The van der Waals surface area contributed by atoms with Crippen molar-refractivity contribution in [1.82, 2.24) is 15.0 Å². The highest BCUT2D eigenvalue weighted by molar-refractivity contribution is 6.28. The molecule has 0 fully saturated rings. The molecule has 0 saturated heterocycles. The number of aliphatic hydroxyl groups is 1. The number of nitrogens with zero attached hydrogens (tertiary/aromatic N) is 5. The van der Waals surface area contributed by atoms with Gasteiger partial charge >= 0.3 is 0 Å². The molecule has 0 atom stereocenters. The number of aliphatic hydroxyl groups excluding tert-OH is 1. The molecular formula is C13H24ClN5O. The minimum atomic E-state index is 0.221. The Hall–Kier alpha value is -1.14. The highest BCUT2D eigenvalue weighted by Crippen LogP contribution is 2.16. The van der Waals surface area contributed by atoms with Crippen molar-refractivity contribution in [2.24, 2.45) is 0 Å². The van der Waals surface area contributed by atoms with Crippen LogP contribution in [0.25, 0.3) is 0 Å². The zero-order valence-corrected chi connectivity index (χ0v) is 13.3. The number of hydrogen-bond donors (Lipinski definition) is 1. The second-order valence-corrected chi connectivity index (χ2v) is 4.92. The SMILES string of the molecule is CCN(CC)c1nc(Cl)nc(N(C)CCCCCO)n1. The molecule has 1 rings (SSSR count). The molecule has 0 amide bonds. The van der Waals surface area contributed by atoms with Gasteiger partial charge in [0.2, 0.25) is 17.2 Å². The van der Waals surface area contributed by atoms with E-state index in [4.69, 9.17) is 16.7 Å². The first-order valence-corrected chi connectivity index (χ1v) is 7.48. The van der Waals surface area contributed by atoms with Gasteiger partial charge in [-0.2, -0.15) is 15.0 Å². The molecule has 0 saturated carbocycles. The molecule has 6 nitrogen and oxygen atoms in total. The quantitative estimate of drug-likeness (QED) is 0.704. The number of unbranched alkanes of at least 4 members (excludes halogenated alkanes) is 2. The lowest BCUT2D eigenvalue weighted by molar-refractivity contribution is 0.283. The van der Waals surface area contributed by atoms with Gasteiger partial charge in [-0.1, -0.05) is 0 Å². The van der Waals surface area contributed by atoms with Crippen molar-refractivity contribution in [1.29, 1.82) is 0 Å². The summed E-state index contributed by atoms with van der Waals surface area (Å²) in [5.74, 6) is 1.21. The Morgan fingerprint density at radius 1 is 1.00 bits per heavy atom. The normalized spacial score (nSPS) is 10.7. The summed E-state index contributed by atoms with van der Waals surface area (Å²) >= 11 is 5.99. The minimum Gasteiger partial charge on any atom is -0.396 e. The van der Waals surface area contributed by atoms with Crippen LogP contribution in [0.15, 0.2) is 0 Å². The largest absolute Gasteiger partial charge is 0.396 e. The van der Waals surface area contributed by atoms with Gasteiger partial charge in [0.25, 0.3) is 0 Å². The summed E-state index contributed by atoms with van der Waals surface area (Å²) in [7, 11) is 1.94. The van der Waals surface area contributed by atoms with E-state index in [0.29, 0.717) is 11.9 Å². The molecule has 114 valence electrons. The lowest BCUT2D eigenvalue weighted by Crippen LogP contribution is -2.27. The van der Waals surface area contributed by atoms with E-state index in [9.17, 15) is 0 Å². The van der Waals surface area contributed by atoms with Gasteiger partial charge in [-0.05, 0) is 44.7 Å². The van der Waals surface area contributed by atoms with E-state index >= 15 is 0 Å². The summed E-state index contributed by atoms with van der Waals surface area (Å²) in [4.78, 5) is 16.8. The van der Waals surface area contributed by atoms with Crippen molar-refractivity contribution in [3.8, 4) is 0 Å². The minimum absolute atomic E-state index is 0.221. The maximum atomic E-state index is 8.77. The van der Waals surface area contributed by atoms with E-state index in [-0.39, 0.29) is 11.9 Å². The molecule has 1 N–H and O–H groups in total. The molecule has 1 heterocycles. The van der Waals surface area contributed by atoms with E-state index in [2.05, 4.69) is 28.8 Å². The first-order chi connectivity index (χ1) is 9.62. The van der Waals surface area contributed by atoms with Crippen molar-refractivity contribution < 1.29 is 5.11 Å². The van der Waals surface area contributed by atoms with Crippen LogP contribution in [-0.4, -0.2) is 53.3 Å². The summed E-state index contributed by atoms with van der Waals surface area (Å²) in [6.45, 7) is 6.84. The lowest BCUT2D eigenvalue weighted by atomic mass is 10.2. The fourth-order valence-electron chi connectivity index (χ4n) is 1.89. The predicted octanol–water partition coefficient (Wildman–Crippen LogP) is 1.97. The van der Waals surface area contributed by atoms with E-state index in [1.165, 1.54) is 0 Å². The Morgan fingerprint density at radius 3 is 2.25 bits per heavy atom. The molecule has 7 heteroatoms. The van der Waals surface area contributed by atoms with E-state index in [0.717, 1.165) is 38.9 Å². The molecular weight excluding hydrogens is 278 g/mol. The lowest BCUT2D eigenvalue weighted by Gasteiger charge is -2.21. The first-order valence-electron chi connectivity index (χ1n) is 7.10. The Kier molecular flexibility index (Phi) is 7.54. The van der Waals surface area contributed by atoms with E-state index in [1.54, 1.807) is 0 Å². The Morgan fingerprint density at radius 2 is 1.65 bits per heavy atom. The van der Waals surface area contributed by atoms with Crippen molar-refractivity contribution >= 4 is 23.5 Å². The second-order valence-electron chi connectivity index (χ2n) is 4.58. The zero-order chi connectivity index (χ0) is 15.0. The van der Waals surface area contributed by atoms with E-state index in [1.807, 2.05) is 16.8 Å². The van der Waals surface area contributed by atoms with Gasteiger partial charge in [0.15, 0.2) is 0 Å². The standard InChI is InChI=1S/C13H24ClN5O/c1-4-19(5-2)13-16-11(14)15-12(17-13)18(3)9-7-6-8-10-20/h20H,4-10H2,1-3H3. The Balaban J connectivity index is 2.73. The Bertz CT molecular complexity index is 400. The molecule has 1 aromatic rings. The number of anilines is 2. The van der Waals surface area contributed by atoms with Crippen LogP contribution in [-0.2, 0) is 0 Å². The van der Waals surface area contributed by atoms with Gasteiger partial charge < -0.3 is 14.9 Å². The summed E-state index contributed by atoms with van der Waals surface area (Å²) in [5.41, 5.74) is 0. The van der Waals surface area contributed by atoms with Gasteiger partial charge in [-0.3, -0.25) is 0 Å². The molecule has 0 spiro atoms. The van der Waals surface area contributed by atoms with Gasteiger partial charge in [-0.15, -0.1) is 0 Å². The van der Waals surface area contributed by atoms with Crippen LogP contribution in [0.5, 0.6) is 0 Å². The van der Waals surface area contributed by atoms with Crippen LogP contribution in [0.3, 0.4) is 0 Å². The highest BCUT2D eigenvalue weighted by Gasteiger charge is 2.12. The monoisotopic (exact) mass is 301 g/mol. The van der Waals surface area contributed by atoms with Crippen LogP contribution in [0, 0.1) is 0 Å². The summed E-state index contributed by atoms with van der Waals surface area (Å²) in [6.07, 6.45) is 2.81. The smallest absolute Gasteiger partial charge is 0.231 e. The van der Waals surface area contributed by atoms with Crippen LogP contribution in [0.2, 0.25) is 5.28 Å². The predicted molar refractivity (Wildman–Crippen MR) is 82.6 cm³/mol. The average Bonchev–Trinajstić information content (AvgIpc) is 2.44. The van der Waals surface area contributed by atoms with Crippen molar-refractivity contribution in [3.63, 3.8) is 0 Å². The molecule has 0 radical (unpaired) electrons. The molecule has 0 aliphatic rings. The molecule has 1 aromatic heterocycles. The molecule has 0 aromatic carbocycles. The summed E-state index contributed by atoms with van der Waals surface area (Å²) < 4.78 is 0. The third kappa shape index (κ3) is 5.09. The fraction of sp³-hybridized carbons (Fsp3) is 0.769. The number of aromatic nitrogens is 3. The van der Waals surface area contributed by atoms with Gasteiger partial charge in [0, 0.05) is 33.3 Å². The second kappa shape index (κ2) is 8.92. The van der Waals surface area contributed by atoms with Crippen LogP contribution in [0.1, 0.15) is 33.1 Å². The number of rotatable bonds is 9. The maximum absolute atomic E-state index is 8.77. The van der Waals surface area contributed by atoms with Crippen molar-refractivity contribution in [2.75, 3.05) is 43.1 Å². The highest BCUT2D eigenvalue weighted by atomic mass is 35.5. The van der Waals surface area contributed by atoms with Gasteiger partial charge in [-0.25, -0.2) is 0 Å². The Labute approximate surface area is 125 Å². The van der Waals surface area contributed by atoms with Crippen molar-refractivity contribution in [3.05, 3.63) is 5.28 Å². The van der Waals surface area contributed by atoms with Crippen LogP contribution >= 0.6 is 11.6 Å². The first kappa shape index (κ1) is 16.9. The zero-order valence-electron chi connectivity index (χ0n) is 12.5. The van der Waals surface area contributed by atoms with Crippen molar-refractivity contribution in [2.45, 2.75) is 33.1 Å². The summed E-state index contributed by atoms with van der Waals surface area (Å²) in [5, 5.41) is 8.99. The third-order valence-electron chi connectivity index (χ3n) is 3.12. The number of hydrogen-bond acceptors (Lipinski definition) is 6. The maximum Gasteiger partial charge on any atom is 0.231 e. The van der Waals surface area contributed by atoms with Crippen LogP contribution in [0.4, 0.5) is 11.9 Å². The number of halogens is 1. The average molecular weight is 302 g/mol. The summed E-state index contributed by atoms with van der Waals surface area (Å²) in [6, 6.07) is 0. The topological polar surface area (TPSA) is 65.4 Å². The molecule has 0 aliphatic heterocycles. The molecule has 0 bridgehead atoms. The van der Waals surface area contributed by atoms with Gasteiger partial charge in [0.05, 0.1) is 0 Å². The van der Waals surface area contributed by atoms with E-state index < -0.39 is 0 Å².